The Hall–Kier alpha value is -2.13. The molecule has 4 unspecified atom stereocenters. The van der Waals surface area contributed by atoms with E-state index in [1.165, 1.54) is 6.33 Å². The highest BCUT2D eigenvalue weighted by Crippen LogP contribution is 2.37. The normalized spacial score (nSPS) is 22.7. The lowest BCUT2D eigenvalue weighted by Gasteiger charge is -2.18. The van der Waals surface area contributed by atoms with Crippen LogP contribution < -0.4 is 10.8 Å². The molecule has 3 heterocycles. The molecule has 3 rings (SSSR count). The van der Waals surface area contributed by atoms with Gasteiger partial charge in [-0.15, -0.1) is 4.52 Å². The Bertz CT molecular complexity index is 858. The maximum absolute atomic E-state index is 11.9. The van der Waals surface area contributed by atoms with Gasteiger partial charge in [0.1, 0.15) is 37.2 Å². The van der Waals surface area contributed by atoms with Crippen LogP contribution in [0.4, 0.5) is 5.82 Å². The lowest BCUT2D eigenvalue weighted by atomic mass is 10.1. The average molecular weight is 410 g/mol. The van der Waals surface area contributed by atoms with Crippen molar-refractivity contribution < 1.29 is 23.4 Å². The van der Waals surface area contributed by atoms with E-state index in [-0.39, 0.29) is 37.5 Å². The third-order valence-corrected chi connectivity index (χ3v) is 5.16. The number of nitrogens with zero attached hydrogens (tertiary/aromatic N) is 3. The molecule has 0 bridgehead atoms. The zero-order valence-corrected chi connectivity index (χ0v) is 17.0. The number of carbonyl (C=O) groups is 1. The first kappa shape index (κ1) is 20.6. The number of nitrogens with two attached hydrogens (primary N) is 1. The number of hydrogen-bond donors (Lipinski definition) is 2. The van der Waals surface area contributed by atoms with E-state index >= 15 is 0 Å². The predicted molar refractivity (Wildman–Crippen MR) is 102 cm³/mol. The van der Waals surface area contributed by atoms with E-state index in [0.717, 1.165) is 11.8 Å². The van der Waals surface area contributed by atoms with Crippen LogP contribution in [0.1, 0.15) is 33.4 Å². The molecule has 1 saturated heterocycles. The highest BCUT2D eigenvalue weighted by atomic mass is 31.1. The van der Waals surface area contributed by atoms with Gasteiger partial charge in [0, 0.05) is 12.1 Å². The molecule has 0 spiro atoms. The number of anilines is 1. The van der Waals surface area contributed by atoms with Gasteiger partial charge < -0.3 is 19.8 Å². The molecule has 1 aliphatic rings. The fourth-order valence-electron chi connectivity index (χ4n) is 3.19. The molecule has 1 aliphatic heterocycles. The van der Waals surface area contributed by atoms with Crippen LogP contribution in [0, 0.1) is 5.92 Å². The fraction of sp³-hybridized carbons (Fsp3) is 0.588. The third kappa shape index (κ3) is 4.82. The van der Waals surface area contributed by atoms with Crippen molar-refractivity contribution in [3.05, 3.63) is 18.6 Å². The molecule has 0 aliphatic carbocycles. The van der Waals surface area contributed by atoms with Gasteiger partial charge in [-0.05, 0) is 30.9 Å². The minimum Gasteiger partial charge on any atom is -0.462 e. The molecule has 28 heavy (non-hydrogen) atoms. The Morgan fingerprint density at radius 1 is 1.50 bits per heavy atom. The number of nitrogen functional groups attached to an aromatic ring is 1. The Labute approximate surface area is 163 Å². The van der Waals surface area contributed by atoms with Gasteiger partial charge in [0.05, 0.1) is 17.6 Å². The Kier molecular flexibility index (Phi) is 6.56. The standard InChI is InChI=1S/C17H25N5O5P/c1-10(2)26-14(23)7-21-28(24)25-8-12-6-11(3)17(27-12)22-5-4-13-15(18)19-9-20-16(13)22/h4-5,9-12,17H,6-8H2,1-3H3,(H,21,24)(H2,18,19,20)/q+1. The summed E-state index contributed by atoms with van der Waals surface area (Å²) in [5.41, 5.74) is 6.60. The van der Waals surface area contributed by atoms with Crippen molar-refractivity contribution >= 4 is 31.0 Å². The summed E-state index contributed by atoms with van der Waals surface area (Å²) in [7, 11) is -2.19. The van der Waals surface area contributed by atoms with Crippen LogP contribution in [0.2, 0.25) is 0 Å². The SMILES string of the molecule is CC(C)OC(=O)CN[P+](=O)OCC1CC(C)C(n2ccc3c(N)ncnc32)O1. The van der Waals surface area contributed by atoms with Crippen molar-refractivity contribution in [2.75, 3.05) is 18.9 Å². The number of esters is 1. The Morgan fingerprint density at radius 3 is 3.04 bits per heavy atom. The molecule has 2 aromatic heterocycles. The monoisotopic (exact) mass is 410 g/mol. The van der Waals surface area contributed by atoms with Gasteiger partial charge in [0.15, 0.2) is 0 Å². The molecule has 152 valence electrons. The van der Waals surface area contributed by atoms with Crippen LogP contribution in [0.25, 0.3) is 11.0 Å². The minimum absolute atomic E-state index is 0.151. The molecular weight excluding hydrogens is 385 g/mol. The van der Waals surface area contributed by atoms with Crippen molar-refractivity contribution in [3.8, 4) is 0 Å². The summed E-state index contributed by atoms with van der Waals surface area (Å²) in [4.78, 5) is 19.7. The summed E-state index contributed by atoms with van der Waals surface area (Å²) >= 11 is 0. The summed E-state index contributed by atoms with van der Waals surface area (Å²) in [6, 6.07) is 1.86. The number of hydrogen-bond acceptors (Lipinski definition) is 8. The Balaban J connectivity index is 1.52. The van der Waals surface area contributed by atoms with E-state index < -0.39 is 14.1 Å². The smallest absolute Gasteiger partial charge is 0.462 e. The molecule has 0 aromatic carbocycles. The largest absolute Gasteiger partial charge is 0.613 e. The number of ether oxygens (including phenoxy) is 2. The summed E-state index contributed by atoms with van der Waals surface area (Å²) in [6.45, 7) is 5.55. The summed E-state index contributed by atoms with van der Waals surface area (Å²) in [5.74, 6) is 0.147. The number of carbonyl (C=O) groups excluding carboxylic acids is 1. The second-order valence-corrected chi connectivity index (χ2v) is 8.10. The lowest BCUT2D eigenvalue weighted by Crippen LogP contribution is -2.23. The molecule has 0 radical (unpaired) electrons. The topological polar surface area (TPSA) is 131 Å². The molecule has 0 amide bonds. The molecule has 4 atom stereocenters. The second kappa shape index (κ2) is 8.91. The number of nitrogens with one attached hydrogen (secondary N) is 1. The molecule has 3 N–H and O–H groups in total. The first-order chi connectivity index (χ1) is 13.3. The van der Waals surface area contributed by atoms with E-state index in [2.05, 4.69) is 22.0 Å². The van der Waals surface area contributed by atoms with Gasteiger partial charge >= 0.3 is 14.1 Å². The van der Waals surface area contributed by atoms with E-state index in [4.69, 9.17) is 19.7 Å². The second-order valence-electron chi connectivity index (χ2n) is 7.01. The average Bonchev–Trinajstić information content (AvgIpc) is 3.21. The van der Waals surface area contributed by atoms with Gasteiger partial charge in [-0.3, -0.25) is 4.79 Å². The van der Waals surface area contributed by atoms with Crippen molar-refractivity contribution in [3.63, 3.8) is 0 Å². The van der Waals surface area contributed by atoms with Crippen LogP contribution in [0.5, 0.6) is 0 Å². The molecule has 0 saturated carbocycles. The van der Waals surface area contributed by atoms with Gasteiger partial charge in [-0.2, -0.15) is 0 Å². The van der Waals surface area contributed by atoms with Gasteiger partial charge in [-0.25, -0.2) is 9.97 Å². The van der Waals surface area contributed by atoms with E-state index in [1.807, 2.05) is 16.8 Å². The van der Waals surface area contributed by atoms with Gasteiger partial charge in [-0.1, -0.05) is 12.0 Å². The van der Waals surface area contributed by atoms with E-state index in [0.29, 0.717) is 11.5 Å². The highest BCUT2D eigenvalue weighted by molar-refractivity contribution is 7.36. The number of fused-ring (bicyclic) bond motifs is 1. The van der Waals surface area contributed by atoms with Crippen LogP contribution in [0.15, 0.2) is 18.6 Å². The first-order valence-electron chi connectivity index (χ1n) is 9.10. The summed E-state index contributed by atoms with van der Waals surface area (Å²) in [5, 5.41) is 3.29. The zero-order valence-electron chi connectivity index (χ0n) is 16.1. The highest BCUT2D eigenvalue weighted by Gasteiger charge is 2.36. The number of rotatable bonds is 8. The lowest BCUT2D eigenvalue weighted by molar-refractivity contribution is -0.145. The maximum Gasteiger partial charge on any atom is 0.613 e. The third-order valence-electron chi connectivity index (χ3n) is 4.36. The van der Waals surface area contributed by atoms with Crippen molar-refractivity contribution in [1.82, 2.24) is 19.6 Å². The van der Waals surface area contributed by atoms with Gasteiger partial charge in [0.2, 0.25) is 0 Å². The van der Waals surface area contributed by atoms with Crippen molar-refractivity contribution in [2.24, 2.45) is 5.92 Å². The van der Waals surface area contributed by atoms with Crippen molar-refractivity contribution in [1.29, 1.82) is 0 Å². The van der Waals surface area contributed by atoms with E-state index in [1.54, 1.807) is 13.8 Å². The van der Waals surface area contributed by atoms with Crippen LogP contribution in [-0.4, -0.2) is 45.9 Å². The molecule has 2 aromatic rings. The van der Waals surface area contributed by atoms with Crippen LogP contribution >= 0.6 is 8.18 Å². The summed E-state index contributed by atoms with van der Waals surface area (Å²) in [6.07, 6.45) is 3.37. The summed E-state index contributed by atoms with van der Waals surface area (Å²) < 4.78 is 30.2. The zero-order chi connectivity index (χ0) is 20.3. The molecule has 1 fully saturated rings. The quantitative estimate of drug-likeness (QED) is 0.496. The predicted octanol–water partition coefficient (Wildman–Crippen LogP) is 2.15. The van der Waals surface area contributed by atoms with Crippen molar-refractivity contribution in [2.45, 2.75) is 45.6 Å². The molecular formula is C17H25N5O5P+. The van der Waals surface area contributed by atoms with Crippen LogP contribution in [0.3, 0.4) is 0 Å². The fourth-order valence-corrected chi connectivity index (χ4v) is 3.84. The number of aromatic nitrogens is 3. The molecule has 11 heteroatoms. The first-order valence-corrected chi connectivity index (χ1v) is 10.3. The van der Waals surface area contributed by atoms with Crippen LogP contribution in [-0.2, 0) is 23.4 Å². The maximum atomic E-state index is 11.9. The Morgan fingerprint density at radius 2 is 2.29 bits per heavy atom. The minimum atomic E-state index is -2.19. The van der Waals surface area contributed by atoms with E-state index in [9.17, 15) is 9.36 Å². The molecule has 10 nitrogen and oxygen atoms in total. The van der Waals surface area contributed by atoms with Gasteiger partial charge in [0.25, 0.3) is 0 Å².